The van der Waals surface area contributed by atoms with Crippen molar-refractivity contribution in [2.45, 2.75) is 63.4 Å². The Kier molecular flexibility index (Phi) is 6.71. The number of benzene rings is 2. The van der Waals surface area contributed by atoms with Crippen molar-refractivity contribution in [1.82, 2.24) is 5.32 Å². The third kappa shape index (κ3) is 4.55. The molecule has 2 aromatic rings. The molecular weight excluding hydrogens is 501 g/mol. The molecule has 2 heterocycles. The summed E-state index contributed by atoms with van der Waals surface area (Å²) < 4.78 is 42.9. The van der Waals surface area contributed by atoms with Gasteiger partial charge in [0.2, 0.25) is 11.8 Å². The number of carboxylic acid groups (broad SMARTS) is 1. The van der Waals surface area contributed by atoms with Crippen molar-refractivity contribution in [1.29, 1.82) is 0 Å². The molecule has 38 heavy (non-hydrogen) atoms. The SMILES string of the molecule is Cc1ccccc1N1C(=O)C2C(c3cccc(OC(F)(F)F)c3)NC(CC3CCCCC3)(C(=O)O)C2C1=O. The summed E-state index contributed by atoms with van der Waals surface area (Å²) in [5.41, 5.74) is -0.446. The number of carboxylic acids is 1. The first-order valence-electron chi connectivity index (χ1n) is 12.8. The highest BCUT2D eigenvalue weighted by atomic mass is 19.4. The molecule has 2 aromatic carbocycles. The van der Waals surface area contributed by atoms with Crippen LogP contribution in [-0.4, -0.2) is 34.8 Å². The number of hydrogen-bond acceptors (Lipinski definition) is 5. The Balaban J connectivity index is 1.61. The summed E-state index contributed by atoms with van der Waals surface area (Å²) in [5.74, 6) is -5.18. The largest absolute Gasteiger partial charge is 0.573 e. The summed E-state index contributed by atoms with van der Waals surface area (Å²) in [5, 5.41) is 13.7. The predicted octanol–water partition coefficient (Wildman–Crippen LogP) is 5.14. The van der Waals surface area contributed by atoms with Crippen LogP contribution in [0.1, 0.15) is 55.7 Å². The van der Waals surface area contributed by atoms with Crippen LogP contribution in [0.2, 0.25) is 0 Å². The summed E-state index contributed by atoms with van der Waals surface area (Å²) >= 11 is 0. The Morgan fingerprint density at radius 2 is 1.79 bits per heavy atom. The van der Waals surface area contributed by atoms with Crippen molar-refractivity contribution in [2.24, 2.45) is 17.8 Å². The molecule has 3 fully saturated rings. The van der Waals surface area contributed by atoms with E-state index in [1.807, 2.05) is 0 Å². The molecule has 3 aliphatic rings. The predicted molar refractivity (Wildman–Crippen MR) is 131 cm³/mol. The number of aliphatic carboxylic acids is 1. The quantitative estimate of drug-likeness (QED) is 0.503. The second-order valence-electron chi connectivity index (χ2n) is 10.5. The third-order valence-corrected chi connectivity index (χ3v) is 8.18. The second-order valence-corrected chi connectivity index (χ2v) is 10.5. The summed E-state index contributed by atoms with van der Waals surface area (Å²) in [6, 6.07) is 11.0. The number of alkyl halides is 3. The van der Waals surface area contributed by atoms with Crippen molar-refractivity contribution in [3.05, 3.63) is 59.7 Å². The Morgan fingerprint density at radius 1 is 1.08 bits per heavy atom. The molecule has 2 saturated heterocycles. The number of imide groups is 1. The number of carbonyl (C=O) groups is 3. The molecule has 4 unspecified atom stereocenters. The topological polar surface area (TPSA) is 95.9 Å². The van der Waals surface area contributed by atoms with Crippen LogP contribution < -0.4 is 15.0 Å². The van der Waals surface area contributed by atoms with Gasteiger partial charge in [-0.2, -0.15) is 0 Å². The number of halogens is 3. The smallest absolute Gasteiger partial charge is 0.480 e. The molecule has 5 rings (SSSR count). The van der Waals surface area contributed by atoms with E-state index in [4.69, 9.17) is 0 Å². The van der Waals surface area contributed by atoms with Gasteiger partial charge >= 0.3 is 12.3 Å². The molecule has 1 saturated carbocycles. The second kappa shape index (κ2) is 9.72. The molecule has 2 amide bonds. The molecule has 1 aliphatic carbocycles. The molecular formula is C28H29F3N2O5. The van der Waals surface area contributed by atoms with Crippen molar-refractivity contribution < 1.29 is 37.4 Å². The maximum atomic E-state index is 14.0. The molecule has 0 spiro atoms. The number of aryl methyl sites for hydroxylation is 1. The van der Waals surface area contributed by atoms with E-state index in [0.717, 1.165) is 49.1 Å². The van der Waals surface area contributed by atoms with Gasteiger partial charge in [0.1, 0.15) is 11.3 Å². The molecule has 202 valence electrons. The number of para-hydroxylation sites is 1. The number of nitrogens with zero attached hydrogens (tertiary/aromatic N) is 1. The van der Waals surface area contributed by atoms with Crippen molar-refractivity contribution in [2.75, 3.05) is 4.90 Å². The van der Waals surface area contributed by atoms with E-state index >= 15 is 0 Å². The van der Waals surface area contributed by atoms with Crippen LogP contribution in [0.15, 0.2) is 48.5 Å². The molecule has 2 N–H and O–H groups in total. The summed E-state index contributed by atoms with van der Waals surface area (Å²) in [7, 11) is 0. The molecule has 7 nitrogen and oxygen atoms in total. The van der Waals surface area contributed by atoms with Crippen molar-refractivity contribution in [3.8, 4) is 5.75 Å². The van der Waals surface area contributed by atoms with Crippen molar-refractivity contribution in [3.63, 3.8) is 0 Å². The molecule has 4 atom stereocenters. The number of amides is 2. The number of fused-ring (bicyclic) bond motifs is 1. The van der Waals surface area contributed by atoms with Gasteiger partial charge in [0.15, 0.2) is 0 Å². The van der Waals surface area contributed by atoms with Crippen molar-refractivity contribution >= 4 is 23.5 Å². The fourth-order valence-corrected chi connectivity index (χ4v) is 6.56. The summed E-state index contributed by atoms with van der Waals surface area (Å²) in [6.45, 7) is 1.75. The maximum absolute atomic E-state index is 14.0. The van der Waals surface area contributed by atoms with Crippen LogP contribution in [0.3, 0.4) is 0 Å². The average molecular weight is 531 g/mol. The lowest BCUT2D eigenvalue weighted by Gasteiger charge is -2.35. The first-order chi connectivity index (χ1) is 18.0. The first kappa shape index (κ1) is 26.2. The normalized spacial score (nSPS) is 28.0. The van der Waals surface area contributed by atoms with E-state index in [0.29, 0.717) is 11.3 Å². The van der Waals surface area contributed by atoms with Gasteiger partial charge in [-0.05, 0) is 48.6 Å². The Labute approximate surface area is 218 Å². The van der Waals surface area contributed by atoms with E-state index in [2.05, 4.69) is 10.1 Å². The monoisotopic (exact) mass is 530 g/mol. The maximum Gasteiger partial charge on any atom is 0.573 e. The van der Waals surface area contributed by atoms with Gasteiger partial charge in [0.05, 0.1) is 17.5 Å². The van der Waals surface area contributed by atoms with Crippen LogP contribution in [-0.2, 0) is 14.4 Å². The zero-order valence-electron chi connectivity index (χ0n) is 20.8. The molecule has 0 radical (unpaired) electrons. The Morgan fingerprint density at radius 3 is 2.45 bits per heavy atom. The van der Waals surface area contributed by atoms with Gasteiger partial charge in [0.25, 0.3) is 0 Å². The Bertz CT molecular complexity index is 1260. The van der Waals surface area contributed by atoms with Gasteiger partial charge in [-0.1, -0.05) is 62.4 Å². The minimum absolute atomic E-state index is 0.0436. The number of nitrogens with one attached hydrogen (secondary N) is 1. The zero-order valence-corrected chi connectivity index (χ0v) is 20.8. The molecule has 10 heteroatoms. The van der Waals surface area contributed by atoms with Gasteiger partial charge in [-0.25, -0.2) is 4.90 Å². The van der Waals surface area contributed by atoms with Crippen LogP contribution in [0.4, 0.5) is 18.9 Å². The van der Waals surface area contributed by atoms with Gasteiger partial charge in [-0.3, -0.25) is 19.7 Å². The number of rotatable bonds is 6. The number of carbonyl (C=O) groups excluding carboxylic acids is 2. The molecule has 0 aromatic heterocycles. The van der Waals surface area contributed by atoms with Crippen LogP contribution >= 0.6 is 0 Å². The number of hydrogen-bond donors (Lipinski definition) is 2. The molecule has 0 bridgehead atoms. The van der Waals surface area contributed by atoms with Crippen LogP contribution in [0, 0.1) is 24.7 Å². The van der Waals surface area contributed by atoms with Gasteiger partial charge < -0.3 is 9.84 Å². The Hall–Kier alpha value is -3.40. The fourth-order valence-electron chi connectivity index (χ4n) is 6.56. The lowest BCUT2D eigenvalue weighted by molar-refractivity contribution is -0.274. The fraction of sp³-hybridized carbons (Fsp3) is 0.464. The van der Waals surface area contributed by atoms with Gasteiger partial charge in [-0.15, -0.1) is 13.2 Å². The minimum Gasteiger partial charge on any atom is -0.480 e. The average Bonchev–Trinajstić information content (AvgIpc) is 3.33. The highest BCUT2D eigenvalue weighted by Crippen LogP contribution is 2.53. The lowest BCUT2D eigenvalue weighted by atomic mass is 9.72. The summed E-state index contributed by atoms with van der Waals surface area (Å²) in [6.07, 6.45) is -0.165. The van der Waals surface area contributed by atoms with Crippen LogP contribution in [0.25, 0.3) is 0 Å². The van der Waals surface area contributed by atoms with E-state index in [1.165, 1.54) is 12.1 Å². The number of ether oxygens (including phenoxy) is 1. The first-order valence-corrected chi connectivity index (χ1v) is 12.8. The highest BCUT2D eigenvalue weighted by molar-refractivity contribution is 6.24. The standard InChI is InChI=1S/C28H29F3N2O5/c1-16-8-5-6-13-20(16)33-24(34)21-22(25(33)35)27(26(36)37,15-17-9-3-2-4-10-17)32-23(21)18-11-7-12-19(14-18)38-28(29,30)31/h5-8,11-14,17,21-23,32H,2-4,9-10,15H2,1H3,(H,36,37). The highest BCUT2D eigenvalue weighted by Gasteiger charge is 2.69. The lowest BCUT2D eigenvalue weighted by Crippen LogP contribution is -2.57. The van der Waals surface area contributed by atoms with E-state index in [-0.39, 0.29) is 17.9 Å². The van der Waals surface area contributed by atoms with Gasteiger partial charge in [0, 0.05) is 6.04 Å². The number of anilines is 1. The zero-order chi connectivity index (χ0) is 27.2. The molecule has 2 aliphatic heterocycles. The third-order valence-electron chi connectivity index (χ3n) is 8.18. The van der Waals surface area contributed by atoms with E-state index in [1.54, 1.807) is 31.2 Å². The minimum atomic E-state index is -4.92. The summed E-state index contributed by atoms with van der Waals surface area (Å²) in [4.78, 5) is 42.0. The van der Waals surface area contributed by atoms with E-state index in [9.17, 15) is 32.7 Å². The van der Waals surface area contributed by atoms with E-state index < -0.39 is 53.3 Å². The van der Waals surface area contributed by atoms with Crippen LogP contribution in [0.5, 0.6) is 5.75 Å².